The molecule has 0 aliphatic carbocycles. The fraction of sp³-hybridized carbons (Fsp3) is 0.391. The number of ether oxygens (including phenoxy) is 1. The maximum atomic E-state index is 13.2. The molecule has 2 atom stereocenters. The lowest BCUT2D eigenvalue weighted by molar-refractivity contribution is -0.131. The molecule has 31 heavy (non-hydrogen) atoms. The molecule has 0 bridgehead atoms. The normalized spacial score (nSPS) is 17.5. The van der Waals surface area contributed by atoms with Crippen molar-refractivity contribution in [3.05, 3.63) is 59.7 Å². The third kappa shape index (κ3) is 5.07. The molecule has 0 spiro atoms. The van der Waals surface area contributed by atoms with Crippen LogP contribution in [0, 0.1) is 6.92 Å². The van der Waals surface area contributed by atoms with Crippen LogP contribution in [0.4, 0.5) is 0 Å². The highest BCUT2D eigenvalue weighted by atomic mass is 32.2. The summed E-state index contributed by atoms with van der Waals surface area (Å²) in [4.78, 5) is 25.3. The lowest BCUT2D eigenvalue weighted by atomic mass is 10.1. The number of benzene rings is 2. The lowest BCUT2D eigenvalue weighted by Crippen LogP contribution is -2.49. The first-order valence-electron chi connectivity index (χ1n) is 10.3. The molecule has 1 aliphatic rings. The van der Waals surface area contributed by atoms with Crippen LogP contribution in [-0.2, 0) is 26.0 Å². The van der Waals surface area contributed by atoms with Gasteiger partial charge >= 0.3 is 0 Å². The molecule has 2 amide bonds. The zero-order chi connectivity index (χ0) is 22.6. The van der Waals surface area contributed by atoms with Crippen LogP contribution >= 0.6 is 0 Å². The SMILES string of the molecule is COc1ccc(S(=O)(=O)N2C(=O)CC[C@H]2C(=O)N[C@H](C)CCc2ccccc2)cc1C. The first-order valence-corrected chi connectivity index (χ1v) is 11.7. The number of hydrogen-bond donors (Lipinski definition) is 1. The van der Waals surface area contributed by atoms with Crippen LogP contribution in [0.1, 0.15) is 37.3 Å². The average Bonchev–Trinajstić information content (AvgIpc) is 3.15. The average molecular weight is 445 g/mol. The molecular formula is C23H28N2O5S. The molecule has 1 fully saturated rings. The number of carbonyl (C=O) groups excluding carboxylic acids is 2. The molecule has 8 heteroatoms. The summed E-state index contributed by atoms with van der Waals surface area (Å²) in [6.07, 6.45) is 1.69. The number of rotatable bonds is 8. The molecule has 1 N–H and O–H groups in total. The number of nitrogens with zero attached hydrogens (tertiary/aromatic N) is 1. The number of hydrogen-bond acceptors (Lipinski definition) is 5. The van der Waals surface area contributed by atoms with Gasteiger partial charge in [-0.1, -0.05) is 30.3 Å². The molecule has 0 aromatic heterocycles. The summed E-state index contributed by atoms with van der Waals surface area (Å²) in [7, 11) is -2.65. The van der Waals surface area contributed by atoms with E-state index in [4.69, 9.17) is 4.74 Å². The van der Waals surface area contributed by atoms with Crippen molar-refractivity contribution in [2.75, 3.05) is 7.11 Å². The minimum Gasteiger partial charge on any atom is -0.496 e. The summed E-state index contributed by atoms with van der Waals surface area (Å²) in [5, 5.41) is 2.88. The Hall–Kier alpha value is -2.87. The number of carbonyl (C=O) groups is 2. The van der Waals surface area contributed by atoms with Gasteiger partial charge in [0, 0.05) is 12.5 Å². The monoisotopic (exact) mass is 444 g/mol. The Morgan fingerprint density at radius 2 is 1.94 bits per heavy atom. The van der Waals surface area contributed by atoms with E-state index in [1.807, 2.05) is 37.3 Å². The van der Waals surface area contributed by atoms with E-state index in [0.29, 0.717) is 17.7 Å². The van der Waals surface area contributed by atoms with Crippen molar-refractivity contribution in [2.45, 2.75) is 56.5 Å². The summed E-state index contributed by atoms with van der Waals surface area (Å²) < 4.78 is 32.3. The van der Waals surface area contributed by atoms with Gasteiger partial charge in [0.25, 0.3) is 10.0 Å². The van der Waals surface area contributed by atoms with Crippen molar-refractivity contribution < 1.29 is 22.7 Å². The van der Waals surface area contributed by atoms with Gasteiger partial charge in [-0.05, 0) is 62.4 Å². The van der Waals surface area contributed by atoms with Crippen LogP contribution in [0.25, 0.3) is 0 Å². The molecule has 7 nitrogen and oxygen atoms in total. The Bertz CT molecular complexity index is 1050. The number of methoxy groups -OCH3 is 1. The van der Waals surface area contributed by atoms with Gasteiger partial charge in [-0.2, -0.15) is 0 Å². The van der Waals surface area contributed by atoms with Gasteiger partial charge in [0.05, 0.1) is 12.0 Å². The first kappa shape index (κ1) is 22.8. The Morgan fingerprint density at radius 1 is 1.23 bits per heavy atom. The van der Waals surface area contributed by atoms with Crippen LogP contribution in [0.5, 0.6) is 5.75 Å². The Kier molecular flexibility index (Phi) is 7.00. The van der Waals surface area contributed by atoms with Crippen molar-refractivity contribution >= 4 is 21.8 Å². The Labute approximate surface area is 183 Å². The van der Waals surface area contributed by atoms with Crippen LogP contribution in [0.3, 0.4) is 0 Å². The van der Waals surface area contributed by atoms with Gasteiger partial charge in [0.1, 0.15) is 11.8 Å². The minimum atomic E-state index is -4.15. The molecule has 1 aliphatic heterocycles. The van der Waals surface area contributed by atoms with Crippen LogP contribution in [-0.4, -0.2) is 43.7 Å². The minimum absolute atomic E-state index is 0.0187. The number of amides is 2. The predicted molar refractivity (Wildman–Crippen MR) is 117 cm³/mol. The highest BCUT2D eigenvalue weighted by Crippen LogP contribution is 2.30. The van der Waals surface area contributed by atoms with Crippen molar-refractivity contribution in [2.24, 2.45) is 0 Å². The molecule has 2 aromatic carbocycles. The van der Waals surface area contributed by atoms with E-state index in [1.54, 1.807) is 13.0 Å². The molecular weight excluding hydrogens is 416 g/mol. The second-order valence-corrected chi connectivity index (χ2v) is 9.63. The second-order valence-electron chi connectivity index (χ2n) is 7.81. The zero-order valence-corrected chi connectivity index (χ0v) is 18.8. The summed E-state index contributed by atoms with van der Waals surface area (Å²) in [6, 6.07) is 13.1. The molecule has 166 valence electrons. The smallest absolute Gasteiger partial charge is 0.267 e. The largest absolute Gasteiger partial charge is 0.496 e. The second kappa shape index (κ2) is 9.51. The lowest BCUT2D eigenvalue weighted by Gasteiger charge is -2.25. The number of nitrogens with one attached hydrogen (secondary N) is 1. The van der Waals surface area contributed by atoms with E-state index >= 15 is 0 Å². The van der Waals surface area contributed by atoms with Gasteiger partial charge in [0.2, 0.25) is 11.8 Å². The van der Waals surface area contributed by atoms with E-state index in [9.17, 15) is 18.0 Å². The third-order valence-corrected chi connectivity index (χ3v) is 7.31. The molecule has 0 radical (unpaired) electrons. The van der Waals surface area contributed by atoms with Gasteiger partial charge < -0.3 is 10.1 Å². The van der Waals surface area contributed by atoms with E-state index in [1.165, 1.54) is 24.8 Å². The van der Waals surface area contributed by atoms with Crippen LogP contribution < -0.4 is 10.1 Å². The van der Waals surface area contributed by atoms with Crippen molar-refractivity contribution in [3.8, 4) is 5.75 Å². The van der Waals surface area contributed by atoms with Gasteiger partial charge in [-0.25, -0.2) is 12.7 Å². The van der Waals surface area contributed by atoms with E-state index in [2.05, 4.69) is 5.32 Å². The fourth-order valence-corrected chi connectivity index (χ4v) is 5.45. The quantitative estimate of drug-likeness (QED) is 0.676. The molecule has 1 heterocycles. The van der Waals surface area contributed by atoms with Gasteiger partial charge in [0.15, 0.2) is 0 Å². The van der Waals surface area contributed by atoms with E-state index in [0.717, 1.165) is 10.7 Å². The molecule has 1 saturated heterocycles. The van der Waals surface area contributed by atoms with E-state index < -0.39 is 27.9 Å². The summed E-state index contributed by atoms with van der Waals surface area (Å²) in [5.74, 6) is -0.459. The highest BCUT2D eigenvalue weighted by molar-refractivity contribution is 7.89. The van der Waals surface area contributed by atoms with Gasteiger partial charge in [-0.15, -0.1) is 0 Å². The highest BCUT2D eigenvalue weighted by Gasteiger charge is 2.44. The maximum absolute atomic E-state index is 13.2. The van der Waals surface area contributed by atoms with Gasteiger partial charge in [-0.3, -0.25) is 9.59 Å². The first-order chi connectivity index (χ1) is 14.7. The van der Waals surface area contributed by atoms with Crippen LogP contribution in [0.2, 0.25) is 0 Å². The molecule has 0 saturated carbocycles. The van der Waals surface area contributed by atoms with E-state index in [-0.39, 0.29) is 23.8 Å². The Balaban J connectivity index is 1.72. The third-order valence-electron chi connectivity index (χ3n) is 5.48. The van der Waals surface area contributed by atoms with Crippen molar-refractivity contribution in [1.29, 1.82) is 0 Å². The molecule has 0 unspecified atom stereocenters. The fourth-order valence-electron chi connectivity index (χ4n) is 3.76. The summed E-state index contributed by atoms with van der Waals surface area (Å²) >= 11 is 0. The maximum Gasteiger partial charge on any atom is 0.267 e. The predicted octanol–water partition coefficient (Wildman–Crippen LogP) is 2.82. The summed E-state index contributed by atoms with van der Waals surface area (Å²) in [6.45, 7) is 3.60. The van der Waals surface area contributed by atoms with Crippen LogP contribution in [0.15, 0.2) is 53.4 Å². The Morgan fingerprint density at radius 3 is 2.58 bits per heavy atom. The van der Waals surface area contributed by atoms with Crippen molar-refractivity contribution in [3.63, 3.8) is 0 Å². The molecule has 2 aromatic rings. The summed E-state index contributed by atoms with van der Waals surface area (Å²) in [5.41, 5.74) is 1.80. The zero-order valence-electron chi connectivity index (χ0n) is 18.0. The standard InChI is InChI=1S/C23H28N2O5S/c1-16-15-19(11-13-21(16)30-3)31(28,29)25-20(12-14-22(25)26)23(27)24-17(2)9-10-18-7-5-4-6-8-18/h4-8,11,13,15,17,20H,9-10,12,14H2,1-3H3,(H,24,27)/t17-,20+/m1/s1. The number of sulfonamides is 1. The van der Waals surface area contributed by atoms with Crippen molar-refractivity contribution in [1.82, 2.24) is 9.62 Å². The topological polar surface area (TPSA) is 92.8 Å². The number of aryl methyl sites for hydroxylation is 2. The molecule has 3 rings (SSSR count).